The van der Waals surface area contributed by atoms with Gasteiger partial charge in [-0.15, -0.1) is 0 Å². The van der Waals surface area contributed by atoms with E-state index in [2.05, 4.69) is 10.1 Å². The highest BCUT2D eigenvalue weighted by atomic mass is 19.4. The maximum atomic E-state index is 13.7. The van der Waals surface area contributed by atoms with E-state index in [1.165, 1.54) is 24.4 Å². The number of hydrogen-bond acceptors (Lipinski definition) is 6. The Morgan fingerprint density at radius 1 is 1.23 bits per heavy atom. The van der Waals surface area contributed by atoms with Crippen LogP contribution in [-0.4, -0.2) is 50.2 Å². The molecule has 3 aromatic rings. The van der Waals surface area contributed by atoms with Crippen LogP contribution in [0.25, 0.3) is 11.3 Å². The first-order valence-electron chi connectivity index (χ1n) is 11.2. The molecule has 3 aromatic heterocycles. The number of rotatable bonds is 4. The van der Waals surface area contributed by atoms with E-state index in [-0.39, 0.29) is 23.9 Å². The number of alkyl halides is 3. The van der Waals surface area contributed by atoms with Crippen molar-refractivity contribution in [3.05, 3.63) is 53.7 Å². The van der Waals surface area contributed by atoms with Gasteiger partial charge in [0.2, 0.25) is 0 Å². The molecule has 1 fully saturated rings. The first-order chi connectivity index (χ1) is 16.5. The molecule has 0 aromatic carbocycles. The summed E-state index contributed by atoms with van der Waals surface area (Å²) in [6.45, 7) is 2.42. The van der Waals surface area contributed by atoms with Crippen molar-refractivity contribution in [1.82, 2.24) is 19.7 Å². The van der Waals surface area contributed by atoms with Crippen molar-refractivity contribution in [1.29, 1.82) is 0 Å². The Hall–Kier alpha value is -3.47. The summed E-state index contributed by atoms with van der Waals surface area (Å²) in [5.41, 5.74) is 2.09. The standard InChI is InChI=1S/C24H24F3N5O3/c1-13-4-18(15-5-17(35-3)10-28-8-15)30-21-20(13)22(34)32(23(21)6-14(2)19(33)7-23)16-9-29-31(11-16)12-24(25,26)27/h4-5,8-11,14,19,33H,6-7,12H2,1-3H3/t14-,19+,23?/m1/s1. The number of hydrogen-bond donors (Lipinski definition) is 1. The zero-order valence-corrected chi connectivity index (χ0v) is 19.4. The van der Waals surface area contributed by atoms with Gasteiger partial charge in [0.1, 0.15) is 12.3 Å². The van der Waals surface area contributed by atoms with E-state index >= 15 is 0 Å². The van der Waals surface area contributed by atoms with Crippen molar-refractivity contribution < 1.29 is 27.8 Å². The molecule has 8 nitrogen and oxygen atoms in total. The van der Waals surface area contributed by atoms with E-state index in [4.69, 9.17) is 9.72 Å². The second-order valence-corrected chi connectivity index (χ2v) is 9.30. The van der Waals surface area contributed by atoms with E-state index in [9.17, 15) is 23.1 Å². The molecule has 3 atom stereocenters. The maximum absolute atomic E-state index is 13.7. The third-order valence-electron chi connectivity index (χ3n) is 6.83. The van der Waals surface area contributed by atoms with Gasteiger partial charge in [0.25, 0.3) is 5.91 Å². The summed E-state index contributed by atoms with van der Waals surface area (Å²) in [6, 6.07) is 3.57. The minimum Gasteiger partial charge on any atom is -0.495 e. The Balaban J connectivity index is 1.66. The van der Waals surface area contributed by atoms with Crippen molar-refractivity contribution in [2.45, 2.75) is 51.1 Å². The third-order valence-corrected chi connectivity index (χ3v) is 6.83. The molecule has 1 spiro atoms. The van der Waals surface area contributed by atoms with Crippen molar-refractivity contribution >= 4 is 11.6 Å². The third kappa shape index (κ3) is 3.83. The van der Waals surface area contributed by atoms with Crippen LogP contribution in [0, 0.1) is 12.8 Å². The van der Waals surface area contributed by atoms with Crippen LogP contribution in [0.1, 0.15) is 41.4 Å². The topological polar surface area (TPSA) is 93.4 Å². The number of amides is 1. The molecule has 1 aliphatic carbocycles. The molecule has 1 amide bonds. The molecular weight excluding hydrogens is 463 g/mol. The van der Waals surface area contributed by atoms with E-state index in [0.717, 1.165) is 4.68 Å². The number of aliphatic hydroxyl groups is 1. The summed E-state index contributed by atoms with van der Waals surface area (Å²) in [7, 11) is 1.54. The maximum Gasteiger partial charge on any atom is 0.408 e. The summed E-state index contributed by atoms with van der Waals surface area (Å²) in [4.78, 5) is 24.3. The summed E-state index contributed by atoms with van der Waals surface area (Å²) in [5.74, 6) is 0.0377. The lowest BCUT2D eigenvalue weighted by Gasteiger charge is -2.34. The number of ether oxygens (including phenoxy) is 1. The summed E-state index contributed by atoms with van der Waals surface area (Å²) in [5, 5.41) is 14.6. The molecule has 0 bridgehead atoms. The molecule has 11 heteroatoms. The first kappa shape index (κ1) is 23.3. The van der Waals surface area contributed by atoms with Crippen LogP contribution < -0.4 is 9.64 Å². The number of pyridine rings is 2. The zero-order chi connectivity index (χ0) is 25.1. The van der Waals surface area contributed by atoms with Crippen LogP contribution >= 0.6 is 0 Å². The van der Waals surface area contributed by atoms with Gasteiger partial charge in [-0.3, -0.25) is 19.4 Å². The molecule has 184 valence electrons. The molecule has 0 radical (unpaired) electrons. The van der Waals surface area contributed by atoms with E-state index in [1.54, 1.807) is 31.5 Å². The van der Waals surface area contributed by atoms with Crippen LogP contribution in [0.4, 0.5) is 18.9 Å². The van der Waals surface area contributed by atoms with Gasteiger partial charge in [0, 0.05) is 24.4 Å². The number of aliphatic hydroxyl groups excluding tert-OH is 1. The number of fused-ring (bicyclic) bond motifs is 2. The second kappa shape index (κ2) is 8.04. The summed E-state index contributed by atoms with van der Waals surface area (Å²) in [6.07, 6.45) is 1.16. The van der Waals surface area contributed by atoms with Crippen molar-refractivity contribution in [3.63, 3.8) is 0 Å². The number of aromatic nitrogens is 4. The highest BCUT2D eigenvalue weighted by Gasteiger charge is 2.58. The quantitative estimate of drug-likeness (QED) is 0.601. The number of carbonyl (C=O) groups is 1. The lowest BCUT2D eigenvalue weighted by Crippen LogP contribution is -2.43. The highest BCUT2D eigenvalue weighted by molar-refractivity contribution is 6.12. The van der Waals surface area contributed by atoms with Crippen LogP contribution in [-0.2, 0) is 12.1 Å². The van der Waals surface area contributed by atoms with Crippen LogP contribution in [0.3, 0.4) is 0 Å². The summed E-state index contributed by atoms with van der Waals surface area (Å²) >= 11 is 0. The second-order valence-electron chi connectivity index (χ2n) is 9.30. The van der Waals surface area contributed by atoms with Gasteiger partial charge < -0.3 is 9.84 Å². The van der Waals surface area contributed by atoms with E-state index in [0.29, 0.717) is 40.2 Å². The number of halogens is 3. The fourth-order valence-corrected chi connectivity index (χ4v) is 5.29. The molecule has 35 heavy (non-hydrogen) atoms. The Bertz CT molecular complexity index is 1300. The van der Waals surface area contributed by atoms with Gasteiger partial charge in [-0.25, -0.2) is 4.98 Å². The van der Waals surface area contributed by atoms with E-state index < -0.39 is 24.4 Å². The summed E-state index contributed by atoms with van der Waals surface area (Å²) < 4.78 is 44.8. The average molecular weight is 487 g/mol. The highest BCUT2D eigenvalue weighted by Crippen LogP contribution is 2.53. The van der Waals surface area contributed by atoms with Crippen molar-refractivity contribution in [2.24, 2.45) is 5.92 Å². The van der Waals surface area contributed by atoms with Crippen molar-refractivity contribution in [2.75, 3.05) is 12.0 Å². The fraction of sp³-hybridized carbons (Fsp3) is 0.417. The van der Waals surface area contributed by atoms with Crippen LogP contribution in [0.5, 0.6) is 5.75 Å². The first-order valence-corrected chi connectivity index (χ1v) is 11.2. The smallest absolute Gasteiger partial charge is 0.408 e. The number of methoxy groups -OCH3 is 1. The molecule has 4 heterocycles. The van der Waals surface area contributed by atoms with Gasteiger partial charge >= 0.3 is 6.18 Å². The zero-order valence-electron chi connectivity index (χ0n) is 19.4. The van der Waals surface area contributed by atoms with Gasteiger partial charge in [-0.05, 0) is 37.0 Å². The molecule has 2 aliphatic rings. The fourth-order valence-electron chi connectivity index (χ4n) is 5.29. The number of anilines is 1. The molecule has 0 saturated heterocycles. The number of carbonyl (C=O) groups excluding carboxylic acids is 1. The average Bonchev–Trinajstić information content (AvgIpc) is 3.42. The van der Waals surface area contributed by atoms with Crippen LogP contribution in [0.15, 0.2) is 36.9 Å². The van der Waals surface area contributed by atoms with Gasteiger partial charge in [0.05, 0.1) is 53.8 Å². The van der Waals surface area contributed by atoms with Gasteiger partial charge in [-0.2, -0.15) is 18.3 Å². The van der Waals surface area contributed by atoms with Gasteiger partial charge in [0.15, 0.2) is 0 Å². The minimum atomic E-state index is -4.45. The molecule has 1 unspecified atom stereocenters. The minimum absolute atomic E-state index is 0.147. The Kier molecular flexibility index (Phi) is 5.35. The van der Waals surface area contributed by atoms with Crippen LogP contribution in [0.2, 0.25) is 0 Å². The molecular formula is C24H24F3N5O3. The Labute approximate surface area is 199 Å². The largest absolute Gasteiger partial charge is 0.495 e. The van der Waals surface area contributed by atoms with Crippen molar-refractivity contribution in [3.8, 4) is 17.0 Å². The Morgan fingerprint density at radius 2 is 2.00 bits per heavy atom. The lowest BCUT2D eigenvalue weighted by atomic mass is 9.89. The molecule has 1 aliphatic heterocycles. The monoisotopic (exact) mass is 487 g/mol. The predicted molar refractivity (Wildman–Crippen MR) is 120 cm³/mol. The molecule has 1 N–H and O–H groups in total. The molecule has 5 rings (SSSR count). The predicted octanol–water partition coefficient (Wildman–Crippen LogP) is 3.87. The van der Waals surface area contributed by atoms with E-state index in [1.807, 2.05) is 6.92 Å². The molecule has 1 saturated carbocycles. The Morgan fingerprint density at radius 3 is 2.66 bits per heavy atom. The van der Waals surface area contributed by atoms with Gasteiger partial charge in [-0.1, -0.05) is 6.92 Å². The normalized spacial score (nSPS) is 23.9. The SMILES string of the molecule is COc1cncc(-c2cc(C)c3c(n2)C2(C[C@@H](C)[C@@H](O)C2)N(c2cnn(CC(F)(F)F)c2)C3=O)c1. The number of nitrogens with zero attached hydrogens (tertiary/aromatic N) is 5. The lowest BCUT2D eigenvalue weighted by molar-refractivity contribution is -0.142. The number of aryl methyl sites for hydroxylation is 1.